The molecule has 0 bridgehead atoms. The van der Waals surface area contributed by atoms with Crippen molar-refractivity contribution in [2.24, 2.45) is 0 Å². The van der Waals surface area contributed by atoms with Crippen LogP contribution in [-0.2, 0) is 16.1 Å². The number of anilines is 1. The van der Waals surface area contributed by atoms with Gasteiger partial charge in [0.2, 0.25) is 0 Å². The van der Waals surface area contributed by atoms with Crippen molar-refractivity contribution in [3.8, 4) is 11.3 Å². The highest BCUT2D eigenvalue weighted by Gasteiger charge is 2.22. The number of benzene rings is 2. The molecule has 0 saturated heterocycles. The molecule has 2 aromatic carbocycles. The van der Waals surface area contributed by atoms with Crippen LogP contribution in [0.25, 0.3) is 11.3 Å². The van der Waals surface area contributed by atoms with Gasteiger partial charge < -0.3 is 19.4 Å². The SMILES string of the molecule is CN(C(=O)COC(=O)c1cn[nH]c1-c1ccccc1)c1ccccc1C(=O)NCc1ccco1. The van der Waals surface area contributed by atoms with Crippen LogP contribution in [0.1, 0.15) is 26.5 Å². The highest BCUT2D eigenvalue weighted by molar-refractivity contribution is 6.05. The molecule has 2 N–H and O–H groups in total. The van der Waals surface area contributed by atoms with Gasteiger partial charge in [0.25, 0.3) is 11.8 Å². The number of furan rings is 1. The Kier molecular flexibility index (Phi) is 6.83. The first kappa shape index (κ1) is 22.5. The monoisotopic (exact) mass is 458 g/mol. The largest absolute Gasteiger partial charge is 0.467 e. The Bertz CT molecular complexity index is 1280. The summed E-state index contributed by atoms with van der Waals surface area (Å²) >= 11 is 0. The molecule has 9 nitrogen and oxygen atoms in total. The van der Waals surface area contributed by atoms with Crippen molar-refractivity contribution < 1.29 is 23.5 Å². The lowest BCUT2D eigenvalue weighted by molar-refractivity contribution is -0.121. The Morgan fingerprint density at radius 3 is 2.53 bits per heavy atom. The normalized spacial score (nSPS) is 10.5. The number of aromatic amines is 1. The molecule has 2 aromatic heterocycles. The van der Waals surface area contributed by atoms with Crippen LogP contribution in [0.3, 0.4) is 0 Å². The zero-order valence-corrected chi connectivity index (χ0v) is 18.4. The summed E-state index contributed by atoms with van der Waals surface area (Å²) in [5.74, 6) is -0.936. The molecule has 0 spiro atoms. The zero-order valence-electron chi connectivity index (χ0n) is 18.4. The number of H-pyrrole nitrogens is 1. The second-order valence-electron chi connectivity index (χ2n) is 7.33. The Labute approximate surface area is 195 Å². The van der Waals surface area contributed by atoms with E-state index in [1.54, 1.807) is 36.4 Å². The quantitative estimate of drug-likeness (QED) is 0.391. The molecule has 34 heavy (non-hydrogen) atoms. The molecule has 2 amide bonds. The highest BCUT2D eigenvalue weighted by Crippen LogP contribution is 2.22. The average Bonchev–Trinajstić information content (AvgIpc) is 3.58. The number of nitrogens with one attached hydrogen (secondary N) is 2. The number of carbonyl (C=O) groups is 3. The molecule has 2 heterocycles. The van der Waals surface area contributed by atoms with Crippen molar-refractivity contribution in [1.82, 2.24) is 15.5 Å². The number of rotatable bonds is 8. The molecule has 0 atom stereocenters. The van der Waals surface area contributed by atoms with Gasteiger partial charge in [0, 0.05) is 12.6 Å². The van der Waals surface area contributed by atoms with Crippen LogP contribution in [0.4, 0.5) is 5.69 Å². The van der Waals surface area contributed by atoms with E-state index in [2.05, 4.69) is 15.5 Å². The topological polar surface area (TPSA) is 118 Å². The van der Waals surface area contributed by atoms with Crippen molar-refractivity contribution in [1.29, 1.82) is 0 Å². The van der Waals surface area contributed by atoms with Crippen molar-refractivity contribution in [2.75, 3.05) is 18.6 Å². The Balaban J connectivity index is 1.40. The van der Waals surface area contributed by atoms with Crippen LogP contribution in [0.15, 0.2) is 83.6 Å². The fourth-order valence-corrected chi connectivity index (χ4v) is 3.34. The van der Waals surface area contributed by atoms with Gasteiger partial charge in [-0.2, -0.15) is 5.10 Å². The van der Waals surface area contributed by atoms with Crippen LogP contribution in [0, 0.1) is 0 Å². The summed E-state index contributed by atoms with van der Waals surface area (Å²) in [6.45, 7) is -0.291. The second-order valence-corrected chi connectivity index (χ2v) is 7.33. The van der Waals surface area contributed by atoms with Crippen molar-refractivity contribution in [3.63, 3.8) is 0 Å². The predicted molar refractivity (Wildman–Crippen MR) is 124 cm³/mol. The minimum Gasteiger partial charge on any atom is -0.467 e. The number of para-hydroxylation sites is 1. The first-order valence-corrected chi connectivity index (χ1v) is 10.5. The average molecular weight is 458 g/mol. The van der Waals surface area contributed by atoms with E-state index in [9.17, 15) is 14.4 Å². The molecule has 0 aliphatic heterocycles. The standard InChI is InChI=1S/C25H22N4O5/c1-29(21-12-6-5-11-19(21)24(31)26-14-18-10-7-13-33-18)22(30)16-34-25(32)20-15-27-28-23(20)17-8-3-2-4-9-17/h2-13,15H,14,16H2,1H3,(H,26,31)(H,27,28). The summed E-state index contributed by atoms with van der Waals surface area (Å²) in [5, 5.41) is 9.47. The number of likely N-dealkylation sites (N-methyl/N-ethyl adjacent to an activating group) is 1. The number of amides is 2. The van der Waals surface area contributed by atoms with E-state index in [0.29, 0.717) is 22.7 Å². The van der Waals surface area contributed by atoms with Gasteiger partial charge in [0.05, 0.1) is 35.9 Å². The number of aromatic nitrogens is 2. The maximum Gasteiger partial charge on any atom is 0.342 e. The smallest absolute Gasteiger partial charge is 0.342 e. The summed E-state index contributed by atoms with van der Waals surface area (Å²) in [6.07, 6.45) is 2.88. The maximum atomic E-state index is 12.8. The molecule has 0 saturated carbocycles. The molecule has 0 aliphatic rings. The van der Waals surface area contributed by atoms with Crippen molar-refractivity contribution in [3.05, 3.63) is 96.1 Å². The maximum absolute atomic E-state index is 12.8. The fraction of sp³-hybridized carbons (Fsp3) is 0.120. The molecular formula is C25H22N4O5. The third-order valence-electron chi connectivity index (χ3n) is 5.14. The number of hydrogen-bond acceptors (Lipinski definition) is 6. The Morgan fingerprint density at radius 2 is 1.76 bits per heavy atom. The van der Waals surface area contributed by atoms with Gasteiger partial charge in [-0.1, -0.05) is 42.5 Å². The lowest BCUT2D eigenvalue weighted by Gasteiger charge is -2.20. The number of esters is 1. The third kappa shape index (κ3) is 5.04. The summed E-state index contributed by atoms with van der Waals surface area (Å²) in [4.78, 5) is 39.4. The highest BCUT2D eigenvalue weighted by atomic mass is 16.5. The predicted octanol–water partition coefficient (Wildman–Crippen LogP) is 3.42. The lowest BCUT2D eigenvalue weighted by atomic mass is 10.1. The van der Waals surface area contributed by atoms with E-state index in [1.807, 2.05) is 30.3 Å². The number of hydrogen-bond donors (Lipinski definition) is 2. The van der Waals surface area contributed by atoms with Gasteiger partial charge in [-0.15, -0.1) is 0 Å². The third-order valence-corrected chi connectivity index (χ3v) is 5.14. The van der Waals surface area contributed by atoms with Crippen LogP contribution in [0.2, 0.25) is 0 Å². The molecule has 172 valence electrons. The van der Waals surface area contributed by atoms with Crippen LogP contribution in [-0.4, -0.2) is 41.6 Å². The summed E-state index contributed by atoms with van der Waals surface area (Å²) in [5.41, 5.74) is 2.18. The minimum atomic E-state index is -0.682. The van der Waals surface area contributed by atoms with Crippen LogP contribution in [0.5, 0.6) is 0 Å². The minimum absolute atomic E-state index is 0.212. The molecular weight excluding hydrogens is 436 g/mol. The van der Waals surface area contributed by atoms with Crippen LogP contribution < -0.4 is 10.2 Å². The summed E-state index contributed by atoms with van der Waals surface area (Å²) < 4.78 is 10.5. The number of nitrogens with zero attached hydrogens (tertiary/aromatic N) is 2. The van der Waals surface area contributed by atoms with Crippen molar-refractivity contribution in [2.45, 2.75) is 6.54 Å². The number of carbonyl (C=O) groups excluding carboxylic acids is 3. The van der Waals surface area contributed by atoms with E-state index in [1.165, 1.54) is 24.4 Å². The summed E-state index contributed by atoms with van der Waals surface area (Å²) in [7, 11) is 1.52. The molecule has 4 rings (SSSR count). The van der Waals surface area contributed by atoms with E-state index in [4.69, 9.17) is 9.15 Å². The Morgan fingerprint density at radius 1 is 1.00 bits per heavy atom. The van der Waals surface area contributed by atoms with Crippen molar-refractivity contribution >= 4 is 23.5 Å². The molecule has 0 fully saturated rings. The van der Waals surface area contributed by atoms with E-state index in [0.717, 1.165) is 5.56 Å². The van der Waals surface area contributed by atoms with Gasteiger partial charge in [0.1, 0.15) is 11.3 Å². The zero-order chi connectivity index (χ0) is 23.9. The molecule has 9 heteroatoms. The van der Waals surface area contributed by atoms with E-state index < -0.39 is 18.5 Å². The van der Waals surface area contributed by atoms with Gasteiger partial charge in [0.15, 0.2) is 6.61 Å². The van der Waals surface area contributed by atoms with E-state index in [-0.39, 0.29) is 18.0 Å². The summed E-state index contributed by atoms with van der Waals surface area (Å²) in [6, 6.07) is 19.4. The Hall–Kier alpha value is -4.66. The molecule has 0 radical (unpaired) electrons. The molecule has 0 unspecified atom stereocenters. The lowest BCUT2D eigenvalue weighted by Crippen LogP contribution is -2.33. The fourth-order valence-electron chi connectivity index (χ4n) is 3.34. The van der Waals surface area contributed by atoms with Gasteiger partial charge >= 0.3 is 5.97 Å². The number of ether oxygens (including phenoxy) is 1. The van der Waals surface area contributed by atoms with Gasteiger partial charge in [-0.3, -0.25) is 14.7 Å². The van der Waals surface area contributed by atoms with Gasteiger partial charge in [-0.25, -0.2) is 4.79 Å². The van der Waals surface area contributed by atoms with Crippen LogP contribution >= 0.6 is 0 Å². The second kappa shape index (κ2) is 10.3. The molecule has 4 aromatic rings. The van der Waals surface area contributed by atoms with Gasteiger partial charge in [-0.05, 0) is 24.3 Å². The first-order valence-electron chi connectivity index (χ1n) is 10.5. The van der Waals surface area contributed by atoms with E-state index >= 15 is 0 Å². The first-order chi connectivity index (χ1) is 16.5. The molecule has 0 aliphatic carbocycles.